The zero-order valence-electron chi connectivity index (χ0n) is 17.8. The minimum absolute atomic E-state index is 0.120. The Hall–Kier alpha value is -3.26. The van der Waals surface area contributed by atoms with Crippen molar-refractivity contribution in [3.8, 4) is 11.4 Å². The molecule has 0 unspecified atom stereocenters. The van der Waals surface area contributed by atoms with Crippen LogP contribution >= 0.6 is 11.3 Å². The van der Waals surface area contributed by atoms with Gasteiger partial charge in [-0.05, 0) is 17.0 Å². The summed E-state index contributed by atoms with van der Waals surface area (Å²) in [5.41, 5.74) is 2.84. The number of hydrogen-bond donors (Lipinski definition) is 1. The van der Waals surface area contributed by atoms with Crippen LogP contribution in [0.3, 0.4) is 0 Å². The summed E-state index contributed by atoms with van der Waals surface area (Å²) in [6, 6.07) is 14.0. The molecule has 31 heavy (non-hydrogen) atoms. The van der Waals surface area contributed by atoms with Gasteiger partial charge in [0.2, 0.25) is 17.6 Å². The van der Waals surface area contributed by atoms with Crippen molar-refractivity contribution in [1.29, 1.82) is 0 Å². The second-order valence-electron chi connectivity index (χ2n) is 8.38. The van der Waals surface area contributed by atoms with Gasteiger partial charge in [-0.3, -0.25) is 4.79 Å². The first kappa shape index (κ1) is 21.0. The fraction of sp³-hybridized carbons (Fsp3) is 0.304. The second-order valence-corrected chi connectivity index (χ2v) is 9.16. The third-order valence-corrected chi connectivity index (χ3v) is 5.49. The lowest BCUT2D eigenvalue weighted by atomic mass is 9.92. The van der Waals surface area contributed by atoms with E-state index in [1.165, 1.54) is 0 Å². The summed E-state index contributed by atoms with van der Waals surface area (Å²) in [6.45, 7) is 6.90. The van der Waals surface area contributed by atoms with E-state index < -0.39 is 0 Å². The molecular weight excluding hydrogens is 410 g/mol. The summed E-state index contributed by atoms with van der Waals surface area (Å²) in [5, 5.41) is 15.7. The van der Waals surface area contributed by atoms with Gasteiger partial charge >= 0.3 is 0 Å². The van der Waals surface area contributed by atoms with Crippen LogP contribution in [-0.4, -0.2) is 25.8 Å². The predicted molar refractivity (Wildman–Crippen MR) is 121 cm³/mol. The SMILES string of the molecule is CC(C)(C)c1cc(NC(=O)CCc2nc(-c3ccsc3)no2)n(Cc2ccccc2)n1. The summed E-state index contributed by atoms with van der Waals surface area (Å²) in [7, 11) is 0. The number of amides is 1. The molecule has 0 saturated carbocycles. The Morgan fingerprint density at radius 3 is 2.71 bits per heavy atom. The molecule has 0 atom stereocenters. The Morgan fingerprint density at radius 1 is 1.19 bits per heavy atom. The van der Waals surface area contributed by atoms with Crippen LogP contribution in [0.1, 0.15) is 44.3 Å². The van der Waals surface area contributed by atoms with Crippen molar-refractivity contribution in [3.05, 3.63) is 70.4 Å². The smallest absolute Gasteiger partial charge is 0.227 e. The number of carbonyl (C=O) groups excluding carboxylic acids is 1. The first-order chi connectivity index (χ1) is 14.9. The van der Waals surface area contributed by atoms with Gasteiger partial charge in [0.15, 0.2) is 0 Å². The fourth-order valence-electron chi connectivity index (χ4n) is 3.05. The molecule has 0 saturated heterocycles. The van der Waals surface area contributed by atoms with Crippen molar-refractivity contribution < 1.29 is 9.32 Å². The Bertz CT molecular complexity index is 1140. The van der Waals surface area contributed by atoms with Crippen LogP contribution in [0.4, 0.5) is 5.82 Å². The maximum atomic E-state index is 12.6. The molecular formula is C23H25N5O2S. The average molecular weight is 436 g/mol. The highest BCUT2D eigenvalue weighted by molar-refractivity contribution is 7.08. The van der Waals surface area contributed by atoms with E-state index in [0.29, 0.717) is 30.5 Å². The minimum atomic E-state index is -0.122. The van der Waals surface area contributed by atoms with E-state index in [2.05, 4.69) is 36.2 Å². The van der Waals surface area contributed by atoms with Gasteiger partial charge in [-0.1, -0.05) is 56.3 Å². The highest BCUT2D eigenvalue weighted by atomic mass is 32.1. The first-order valence-corrected chi connectivity index (χ1v) is 11.1. The topological polar surface area (TPSA) is 85.8 Å². The molecule has 1 aromatic carbocycles. The lowest BCUT2D eigenvalue weighted by Gasteiger charge is -2.14. The minimum Gasteiger partial charge on any atom is -0.339 e. The van der Waals surface area contributed by atoms with Crippen molar-refractivity contribution in [2.24, 2.45) is 0 Å². The van der Waals surface area contributed by atoms with Crippen LogP contribution in [0.15, 0.2) is 57.7 Å². The van der Waals surface area contributed by atoms with Gasteiger partial charge in [0.1, 0.15) is 5.82 Å². The van der Waals surface area contributed by atoms with E-state index in [-0.39, 0.29) is 17.7 Å². The van der Waals surface area contributed by atoms with Crippen LogP contribution in [0.2, 0.25) is 0 Å². The van der Waals surface area contributed by atoms with Crippen LogP contribution in [-0.2, 0) is 23.2 Å². The van der Waals surface area contributed by atoms with E-state index >= 15 is 0 Å². The lowest BCUT2D eigenvalue weighted by Crippen LogP contribution is -2.16. The van der Waals surface area contributed by atoms with E-state index in [9.17, 15) is 4.79 Å². The third-order valence-electron chi connectivity index (χ3n) is 4.80. The number of rotatable bonds is 7. The van der Waals surface area contributed by atoms with Gasteiger partial charge < -0.3 is 9.84 Å². The molecule has 8 heteroatoms. The number of anilines is 1. The molecule has 1 N–H and O–H groups in total. The van der Waals surface area contributed by atoms with Crippen molar-refractivity contribution in [2.45, 2.75) is 45.6 Å². The molecule has 7 nitrogen and oxygen atoms in total. The molecule has 3 heterocycles. The van der Waals surface area contributed by atoms with Gasteiger partial charge in [-0.2, -0.15) is 21.4 Å². The molecule has 0 aliphatic rings. The highest BCUT2D eigenvalue weighted by Gasteiger charge is 2.21. The summed E-state index contributed by atoms with van der Waals surface area (Å²) in [4.78, 5) is 17.0. The van der Waals surface area contributed by atoms with Crippen LogP contribution in [0.25, 0.3) is 11.4 Å². The molecule has 0 fully saturated rings. The Kier molecular flexibility index (Phi) is 5.99. The molecule has 0 aliphatic carbocycles. The zero-order valence-corrected chi connectivity index (χ0v) is 18.6. The molecule has 0 radical (unpaired) electrons. The van der Waals surface area contributed by atoms with Crippen molar-refractivity contribution in [3.63, 3.8) is 0 Å². The molecule has 4 rings (SSSR count). The largest absolute Gasteiger partial charge is 0.339 e. The molecule has 0 spiro atoms. The van der Waals surface area contributed by atoms with Gasteiger partial charge in [-0.25, -0.2) is 4.68 Å². The highest BCUT2D eigenvalue weighted by Crippen LogP contribution is 2.25. The number of carbonyl (C=O) groups is 1. The molecule has 0 aliphatic heterocycles. The summed E-state index contributed by atoms with van der Waals surface area (Å²) < 4.78 is 7.13. The number of hydrogen-bond acceptors (Lipinski definition) is 6. The van der Waals surface area contributed by atoms with Crippen molar-refractivity contribution in [2.75, 3.05) is 5.32 Å². The zero-order chi connectivity index (χ0) is 21.8. The van der Waals surface area contributed by atoms with E-state index in [1.807, 2.05) is 57.9 Å². The number of aromatic nitrogens is 4. The summed E-state index contributed by atoms with van der Waals surface area (Å²) in [6.07, 6.45) is 0.620. The Balaban J connectivity index is 1.43. The van der Waals surface area contributed by atoms with Crippen LogP contribution in [0.5, 0.6) is 0 Å². The molecule has 160 valence electrons. The van der Waals surface area contributed by atoms with Gasteiger partial charge in [0.05, 0.1) is 12.2 Å². The summed E-state index contributed by atoms with van der Waals surface area (Å²) >= 11 is 1.57. The maximum Gasteiger partial charge on any atom is 0.227 e. The van der Waals surface area contributed by atoms with E-state index in [1.54, 1.807) is 11.3 Å². The van der Waals surface area contributed by atoms with Crippen LogP contribution in [0, 0.1) is 0 Å². The Labute approximate surface area is 185 Å². The monoisotopic (exact) mass is 435 g/mol. The van der Waals surface area contributed by atoms with Gasteiger partial charge in [0.25, 0.3) is 0 Å². The van der Waals surface area contributed by atoms with Crippen molar-refractivity contribution >= 4 is 23.1 Å². The number of aryl methyl sites for hydroxylation is 1. The first-order valence-electron chi connectivity index (χ1n) is 10.2. The quantitative estimate of drug-likeness (QED) is 0.446. The standard InChI is InChI=1S/C23H25N5O2S/c1-23(2,3)18-13-19(28(26-18)14-16-7-5-4-6-8-16)24-20(29)9-10-21-25-22(27-30-21)17-11-12-31-15-17/h4-8,11-13,15H,9-10,14H2,1-3H3,(H,24,29). The van der Waals surface area contributed by atoms with Crippen molar-refractivity contribution in [1.82, 2.24) is 19.9 Å². The second kappa shape index (κ2) is 8.85. The van der Waals surface area contributed by atoms with Gasteiger partial charge in [-0.15, -0.1) is 0 Å². The third kappa shape index (κ3) is 5.27. The normalized spacial score (nSPS) is 11.6. The van der Waals surface area contributed by atoms with E-state index in [0.717, 1.165) is 16.8 Å². The molecule has 3 aromatic heterocycles. The number of nitrogens with zero attached hydrogens (tertiary/aromatic N) is 4. The van der Waals surface area contributed by atoms with Gasteiger partial charge in [0, 0.05) is 35.3 Å². The predicted octanol–water partition coefficient (Wildman–Crippen LogP) is 4.91. The van der Waals surface area contributed by atoms with Crippen LogP contribution < -0.4 is 5.32 Å². The lowest BCUT2D eigenvalue weighted by molar-refractivity contribution is -0.116. The molecule has 1 amide bonds. The average Bonchev–Trinajstić information content (AvgIpc) is 3.48. The summed E-state index contributed by atoms with van der Waals surface area (Å²) in [5.74, 6) is 1.56. The molecule has 4 aromatic rings. The maximum absolute atomic E-state index is 12.6. The number of nitrogens with one attached hydrogen (secondary N) is 1. The Morgan fingerprint density at radius 2 is 2.00 bits per heavy atom. The molecule has 0 bridgehead atoms. The number of benzene rings is 1. The van der Waals surface area contributed by atoms with E-state index in [4.69, 9.17) is 9.62 Å². The fourth-order valence-corrected chi connectivity index (χ4v) is 3.69. The number of thiophene rings is 1.